The van der Waals surface area contributed by atoms with Crippen molar-refractivity contribution in [3.8, 4) is 0 Å². The van der Waals surface area contributed by atoms with Gasteiger partial charge in [0.25, 0.3) is 0 Å². The summed E-state index contributed by atoms with van der Waals surface area (Å²) in [5.41, 5.74) is 0. The van der Waals surface area contributed by atoms with E-state index in [4.69, 9.17) is 4.74 Å². The minimum Gasteiger partial charge on any atom is -0.376 e. The van der Waals surface area contributed by atoms with Gasteiger partial charge in [-0.1, -0.05) is 6.92 Å². The normalized spacial score (nSPS) is 22.6. The van der Waals surface area contributed by atoms with Crippen molar-refractivity contribution in [3.05, 3.63) is 19.2 Å². The third-order valence-electron chi connectivity index (χ3n) is 2.98. The molecule has 5 heteroatoms. The molecule has 2 unspecified atom stereocenters. The Morgan fingerprint density at radius 1 is 1.53 bits per heavy atom. The van der Waals surface area contributed by atoms with Crippen LogP contribution in [-0.4, -0.2) is 19.3 Å². The Morgan fingerprint density at radius 2 is 2.35 bits per heavy atom. The minimum atomic E-state index is 0.321. The first-order chi connectivity index (χ1) is 8.22. The van der Waals surface area contributed by atoms with Crippen LogP contribution in [0, 0.1) is 0 Å². The van der Waals surface area contributed by atoms with Crippen molar-refractivity contribution in [1.82, 2.24) is 5.32 Å². The molecule has 96 valence electrons. The lowest BCUT2D eigenvalue weighted by Gasteiger charge is -2.30. The van der Waals surface area contributed by atoms with Gasteiger partial charge in [0.05, 0.1) is 15.9 Å². The predicted octanol–water partition coefficient (Wildman–Crippen LogP) is 4.49. The van der Waals surface area contributed by atoms with Crippen LogP contribution in [0.5, 0.6) is 0 Å². The van der Waals surface area contributed by atoms with E-state index in [9.17, 15) is 0 Å². The first kappa shape index (κ1) is 14.0. The zero-order chi connectivity index (χ0) is 12.3. The summed E-state index contributed by atoms with van der Waals surface area (Å²) in [6.45, 7) is 4.02. The fourth-order valence-corrected chi connectivity index (χ4v) is 4.40. The highest BCUT2D eigenvalue weighted by Crippen LogP contribution is 2.38. The molecule has 2 atom stereocenters. The second-order valence-electron chi connectivity index (χ2n) is 4.21. The van der Waals surface area contributed by atoms with Crippen LogP contribution in [0.3, 0.4) is 0 Å². The van der Waals surface area contributed by atoms with Gasteiger partial charge in [0, 0.05) is 16.0 Å². The van der Waals surface area contributed by atoms with Gasteiger partial charge in [0.2, 0.25) is 0 Å². The molecule has 2 nitrogen and oxygen atoms in total. The molecule has 0 radical (unpaired) electrons. The molecule has 0 aliphatic carbocycles. The van der Waals surface area contributed by atoms with Gasteiger partial charge in [-0.3, -0.25) is 0 Å². The van der Waals surface area contributed by atoms with Crippen LogP contribution in [0.15, 0.2) is 14.3 Å². The van der Waals surface area contributed by atoms with E-state index in [1.54, 1.807) is 11.3 Å². The maximum absolute atomic E-state index is 5.91. The summed E-state index contributed by atoms with van der Waals surface area (Å²) >= 11 is 8.90. The number of halogens is 2. The summed E-state index contributed by atoms with van der Waals surface area (Å²) in [6.07, 6.45) is 3.96. The fraction of sp³-hybridized carbons (Fsp3) is 0.667. The molecule has 0 spiro atoms. The number of ether oxygens (including phenoxy) is 1. The van der Waals surface area contributed by atoms with E-state index in [-0.39, 0.29) is 0 Å². The number of hydrogen-bond donors (Lipinski definition) is 1. The molecule has 1 N–H and O–H groups in total. The molecule has 0 saturated carbocycles. The molecule has 1 fully saturated rings. The van der Waals surface area contributed by atoms with Crippen molar-refractivity contribution in [3.63, 3.8) is 0 Å². The monoisotopic (exact) mass is 381 g/mol. The lowest BCUT2D eigenvalue weighted by atomic mass is 10.0. The van der Waals surface area contributed by atoms with Crippen molar-refractivity contribution in [2.24, 2.45) is 0 Å². The van der Waals surface area contributed by atoms with E-state index in [2.05, 4.69) is 50.2 Å². The first-order valence-electron chi connectivity index (χ1n) is 6.02. The average Bonchev–Trinajstić information content (AvgIpc) is 2.67. The van der Waals surface area contributed by atoms with Gasteiger partial charge in [-0.15, -0.1) is 11.3 Å². The van der Waals surface area contributed by atoms with E-state index >= 15 is 0 Å². The Balaban J connectivity index is 2.15. The summed E-state index contributed by atoms with van der Waals surface area (Å²) in [5, 5.41) is 3.55. The molecule has 0 amide bonds. The summed E-state index contributed by atoms with van der Waals surface area (Å²) in [7, 11) is 0. The standard InChI is InChI=1S/C12H17Br2NOS/c1-2-15-11(9-5-3-4-6-16-9)10-7-8(13)12(14)17-10/h7,9,11,15H,2-6H2,1H3. The lowest BCUT2D eigenvalue weighted by molar-refractivity contribution is -0.00712. The van der Waals surface area contributed by atoms with Gasteiger partial charge >= 0.3 is 0 Å². The topological polar surface area (TPSA) is 21.3 Å². The Morgan fingerprint density at radius 3 is 2.88 bits per heavy atom. The van der Waals surface area contributed by atoms with Crippen LogP contribution >= 0.6 is 43.2 Å². The SMILES string of the molecule is CCNC(c1cc(Br)c(Br)s1)C1CCCCO1. The maximum Gasteiger partial charge on any atom is 0.0843 e. The molecular weight excluding hydrogens is 366 g/mol. The summed E-state index contributed by atoms with van der Waals surface area (Å²) in [4.78, 5) is 1.34. The van der Waals surface area contributed by atoms with Crippen molar-refractivity contribution in [1.29, 1.82) is 0 Å². The predicted molar refractivity (Wildman–Crippen MR) is 79.7 cm³/mol. The maximum atomic E-state index is 5.91. The van der Waals surface area contributed by atoms with Crippen LogP contribution in [0.4, 0.5) is 0 Å². The second kappa shape index (κ2) is 6.66. The third-order valence-corrected chi connectivity index (χ3v) is 6.32. The summed E-state index contributed by atoms with van der Waals surface area (Å²) in [5.74, 6) is 0. The van der Waals surface area contributed by atoms with E-state index in [0.29, 0.717) is 12.1 Å². The molecule has 1 saturated heterocycles. The fourth-order valence-electron chi connectivity index (χ4n) is 2.18. The Hall–Kier alpha value is 0.580. The third kappa shape index (κ3) is 3.53. The van der Waals surface area contributed by atoms with Crippen molar-refractivity contribution in [2.75, 3.05) is 13.2 Å². The van der Waals surface area contributed by atoms with Gasteiger partial charge in [-0.05, 0) is 63.7 Å². The molecule has 2 rings (SSSR count). The van der Waals surface area contributed by atoms with Crippen molar-refractivity contribution < 1.29 is 4.74 Å². The van der Waals surface area contributed by atoms with E-state index < -0.39 is 0 Å². The molecule has 1 aliphatic rings. The van der Waals surface area contributed by atoms with E-state index in [1.165, 1.54) is 17.7 Å². The zero-order valence-electron chi connectivity index (χ0n) is 9.84. The van der Waals surface area contributed by atoms with Gasteiger partial charge in [-0.25, -0.2) is 0 Å². The van der Waals surface area contributed by atoms with E-state index in [1.807, 2.05) is 0 Å². The molecule has 17 heavy (non-hydrogen) atoms. The number of rotatable bonds is 4. The number of thiophene rings is 1. The van der Waals surface area contributed by atoms with Gasteiger partial charge in [0.15, 0.2) is 0 Å². The number of nitrogens with one attached hydrogen (secondary N) is 1. The molecule has 1 aromatic rings. The van der Waals surface area contributed by atoms with Crippen LogP contribution in [0.1, 0.15) is 37.1 Å². The molecular formula is C12H17Br2NOS. The van der Waals surface area contributed by atoms with Crippen LogP contribution in [0.2, 0.25) is 0 Å². The number of hydrogen-bond acceptors (Lipinski definition) is 3. The molecule has 2 heterocycles. The highest BCUT2D eigenvalue weighted by Gasteiger charge is 2.27. The van der Waals surface area contributed by atoms with Gasteiger partial charge in [-0.2, -0.15) is 0 Å². The van der Waals surface area contributed by atoms with Crippen LogP contribution < -0.4 is 5.32 Å². The molecule has 0 aromatic carbocycles. The minimum absolute atomic E-state index is 0.321. The van der Waals surface area contributed by atoms with Crippen molar-refractivity contribution in [2.45, 2.75) is 38.3 Å². The zero-order valence-corrected chi connectivity index (χ0v) is 13.8. The Labute approximate surface area is 123 Å². The van der Waals surface area contributed by atoms with Gasteiger partial charge < -0.3 is 10.1 Å². The van der Waals surface area contributed by atoms with Crippen LogP contribution in [0.25, 0.3) is 0 Å². The lowest BCUT2D eigenvalue weighted by Crippen LogP contribution is -2.35. The second-order valence-corrected chi connectivity index (χ2v) is 7.47. The van der Waals surface area contributed by atoms with Crippen LogP contribution in [-0.2, 0) is 4.74 Å². The number of likely N-dealkylation sites (N-methyl/N-ethyl adjacent to an activating group) is 1. The molecule has 0 bridgehead atoms. The van der Waals surface area contributed by atoms with E-state index in [0.717, 1.165) is 27.8 Å². The first-order valence-corrected chi connectivity index (χ1v) is 8.42. The molecule has 1 aliphatic heterocycles. The molecule has 1 aromatic heterocycles. The quantitative estimate of drug-likeness (QED) is 0.827. The Bertz CT molecular complexity index is 344. The average molecular weight is 383 g/mol. The summed E-state index contributed by atoms with van der Waals surface area (Å²) in [6, 6.07) is 2.52. The largest absolute Gasteiger partial charge is 0.376 e. The van der Waals surface area contributed by atoms with Crippen molar-refractivity contribution >= 4 is 43.2 Å². The summed E-state index contributed by atoms with van der Waals surface area (Å²) < 4.78 is 8.20. The highest BCUT2D eigenvalue weighted by molar-refractivity contribution is 9.13. The highest BCUT2D eigenvalue weighted by atomic mass is 79.9. The smallest absolute Gasteiger partial charge is 0.0843 e. The Kier molecular flexibility index (Phi) is 5.49. The van der Waals surface area contributed by atoms with Gasteiger partial charge in [0.1, 0.15) is 0 Å².